The number of nitrogens with one attached hydrogen (secondary N) is 1. The maximum atomic E-state index is 11.5. The quantitative estimate of drug-likeness (QED) is 0.780. The van der Waals surface area contributed by atoms with Crippen LogP contribution in [0.5, 0.6) is 0 Å². The molecule has 1 N–H and O–H groups in total. The number of hydrogen-bond donors (Lipinski definition) is 1. The maximum Gasteiger partial charge on any atom is 0.271 e. The van der Waals surface area contributed by atoms with Crippen molar-refractivity contribution in [3.05, 3.63) is 28.2 Å². The van der Waals surface area contributed by atoms with Crippen molar-refractivity contribution in [3.8, 4) is 0 Å². The molecule has 0 unspecified atom stereocenters. The third kappa shape index (κ3) is 2.90. The van der Waals surface area contributed by atoms with E-state index in [1.54, 1.807) is 0 Å². The van der Waals surface area contributed by atoms with Crippen LogP contribution in [-0.4, -0.2) is 22.2 Å². The summed E-state index contributed by atoms with van der Waals surface area (Å²) in [6.07, 6.45) is 0.874. The minimum atomic E-state index is -0.237. The highest BCUT2D eigenvalue weighted by molar-refractivity contribution is 5.91. The zero-order valence-electron chi connectivity index (χ0n) is 8.99. The summed E-state index contributed by atoms with van der Waals surface area (Å²) in [4.78, 5) is 22.7. The van der Waals surface area contributed by atoms with E-state index in [1.165, 1.54) is 16.8 Å². The highest BCUT2D eigenvalue weighted by Gasteiger charge is 2.07. The van der Waals surface area contributed by atoms with Crippen LogP contribution in [0.4, 0.5) is 0 Å². The monoisotopic (exact) mass is 209 g/mol. The molecule has 5 heteroatoms. The Morgan fingerprint density at radius 2 is 2.20 bits per heavy atom. The van der Waals surface area contributed by atoms with Crippen LogP contribution in [0.1, 0.15) is 30.8 Å². The van der Waals surface area contributed by atoms with Crippen LogP contribution in [0.3, 0.4) is 0 Å². The second-order valence-electron chi connectivity index (χ2n) is 3.13. The molecule has 0 spiro atoms. The number of rotatable bonds is 4. The lowest BCUT2D eigenvalue weighted by Crippen LogP contribution is -2.29. The molecule has 15 heavy (non-hydrogen) atoms. The van der Waals surface area contributed by atoms with Gasteiger partial charge in [-0.1, -0.05) is 6.92 Å². The number of hydrogen-bond acceptors (Lipinski definition) is 3. The number of carbonyl (C=O) groups excluding carboxylic acids is 1. The van der Waals surface area contributed by atoms with E-state index in [1.807, 2.05) is 13.8 Å². The van der Waals surface area contributed by atoms with Crippen LogP contribution >= 0.6 is 0 Å². The van der Waals surface area contributed by atoms with Crippen molar-refractivity contribution in [3.63, 3.8) is 0 Å². The molecule has 0 aliphatic heterocycles. The summed E-state index contributed by atoms with van der Waals surface area (Å²) >= 11 is 0. The second kappa shape index (κ2) is 5.29. The molecule has 0 bridgehead atoms. The van der Waals surface area contributed by atoms with Crippen molar-refractivity contribution in [1.29, 1.82) is 0 Å². The molecule has 1 aromatic heterocycles. The van der Waals surface area contributed by atoms with E-state index in [9.17, 15) is 9.59 Å². The predicted octanol–water partition coefficient (Wildman–Crippen LogP) is 0.403. The fraction of sp³-hybridized carbons (Fsp3) is 0.500. The van der Waals surface area contributed by atoms with E-state index in [0.717, 1.165) is 6.42 Å². The molecule has 0 aliphatic rings. The number of amides is 1. The van der Waals surface area contributed by atoms with Crippen LogP contribution in [0.2, 0.25) is 0 Å². The Hall–Kier alpha value is -1.65. The van der Waals surface area contributed by atoms with Gasteiger partial charge in [-0.25, -0.2) is 4.68 Å². The topological polar surface area (TPSA) is 64.0 Å². The zero-order chi connectivity index (χ0) is 11.3. The van der Waals surface area contributed by atoms with Gasteiger partial charge in [0.05, 0.1) is 0 Å². The van der Waals surface area contributed by atoms with Gasteiger partial charge in [0.1, 0.15) is 5.69 Å². The molecule has 0 atom stereocenters. The zero-order valence-corrected chi connectivity index (χ0v) is 8.99. The van der Waals surface area contributed by atoms with E-state index >= 15 is 0 Å². The van der Waals surface area contributed by atoms with E-state index in [4.69, 9.17) is 0 Å². The molecule has 0 aromatic carbocycles. The number of nitrogens with zero attached hydrogens (tertiary/aromatic N) is 2. The Kier molecular flexibility index (Phi) is 4.03. The average molecular weight is 209 g/mol. The Bertz CT molecular complexity index is 398. The predicted molar refractivity (Wildman–Crippen MR) is 56.8 cm³/mol. The number of aryl methyl sites for hydroxylation is 1. The Labute approximate surface area is 88.1 Å². The minimum Gasteiger partial charge on any atom is -0.351 e. The molecule has 1 rings (SSSR count). The van der Waals surface area contributed by atoms with Gasteiger partial charge in [0.25, 0.3) is 11.5 Å². The normalized spacial score (nSPS) is 10.0. The minimum absolute atomic E-state index is 0.190. The van der Waals surface area contributed by atoms with Crippen molar-refractivity contribution in [2.45, 2.75) is 26.8 Å². The fourth-order valence-corrected chi connectivity index (χ4v) is 1.13. The van der Waals surface area contributed by atoms with Crippen molar-refractivity contribution in [2.75, 3.05) is 6.54 Å². The SMILES string of the molecule is CCCNC(=O)c1ccc(=O)n(CC)n1. The Morgan fingerprint density at radius 3 is 2.80 bits per heavy atom. The van der Waals surface area contributed by atoms with Gasteiger partial charge in [0.15, 0.2) is 0 Å². The third-order valence-corrected chi connectivity index (χ3v) is 1.93. The van der Waals surface area contributed by atoms with Crippen molar-refractivity contribution < 1.29 is 4.79 Å². The molecule has 0 radical (unpaired) electrons. The molecular weight excluding hydrogens is 194 g/mol. The molecule has 0 fully saturated rings. The molecule has 1 aromatic rings. The van der Waals surface area contributed by atoms with Gasteiger partial charge in [0.2, 0.25) is 0 Å². The van der Waals surface area contributed by atoms with E-state index in [0.29, 0.717) is 13.1 Å². The summed E-state index contributed by atoms with van der Waals surface area (Å²) in [5.41, 5.74) is 0.0921. The Balaban J connectivity index is 2.86. The standard InChI is InChI=1S/C10H15N3O2/c1-3-7-11-10(15)8-5-6-9(14)13(4-2)12-8/h5-6H,3-4,7H2,1-2H3,(H,11,15). The van der Waals surface area contributed by atoms with E-state index < -0.39 is 0 Å². The molecule has 1 heterocycles. The van der Waals surface area contributed by atoms with Crippen LogP contribution in [0.25, 0.3) is 0 Å². The van der Waals surface area contributed by atoms with Gasteiger partial charge in [0, 0.05) is 19.2 Å². The molecule has 1 amide bonds. The molecule has 0 saturated carbocycles. The van der Waals surface area contributed by atoms with Crippen LogP contribution in [0.15, 0.2) is 16.9 Å². The third-order valence-electron chi connectivity index (χ3n) is 1.93. The molecular formula is C10H15N3O2. The van der Waals surface area contributed by atoms with Crippen LogP contribution in [-0.2, 0) is 6.54 Å². The first-order chi connectivity index (χ1) is 7.19. The smallest absolute Gasteiger partial charge is 0.271 e. The summed E-state index contributed by atoms with van der Waals surface area (Å²) in [5.74, 6) is -0.237. The molecule has 5 nitrogen and oxygen atoms in total. The Morgan fingerprint density at radius 1 is 1.47 bits per heavy atom. The lowest BCUT2D eigenvalue weighted by molar-refractivity contribution is 0.0946. The van der Waals surface area contributed by atoms with E-state index in [-0.39, 0.29) is 17.2 Å². The highest BCUT2D eigenvalue weighted by Crippen LogP contribution is 1.90. The maximum absolute atomic E-state index is 11.5. The summed E-state index contributed by atoms with van der Waals surface area (Å²) in [6.45, 7) is 4.86. The molecule has 0 aliphatic carbocycles. The van der Waals surface area contributed by atoms with Crippen molar-refractivity contribution >= 4 is 5.91 Å². The van der Waals surface area contributed by atoms with Gasteiger partial charge in [-0.05, 0) is 19.4 Å². The summed E-state index contributed by atoms with van der Waals surface area (Å²) in [5, 5.41) is 6.64. The van der Waals surface area contributed by atoms with E-state index in [2.05, 4.69) is 10.4 Å². The van der Waals surface area contributed by atoms with Gasteiger partial charge < -0.3 is 5.32 Å². The number of aromatic nitrogens is 2. The lowest BCUT2D eigenvalue weighted by atomic mass is 10.3. The van der Waals surface area contributed by atoms with Gasteiger partial charge in [-0.2, -0.15) is 5.10 Å². The average Bonchev–Trinajstić information content (AvgIpc) is 2.26. The second-order valence-corrected chi connectivity index (χ2v) is 3.13. The van der Waals surface area contributed by atoms with Gasteiger partial charge in [-0.3, -0.25) is 9.59 Å². The van der Waals surface area contributed by atoms with Crippen molar-refractivity contribution in [2.24, 2.45) is 0 Å². The first-order valence-corrected chi connectivity index (χ1v) is 5.05. The van der Waals surface area contributed by atoms with Gasteiger partial charge >= 0.3 is 0 Å². The van der Waals surface area contributed by atoms with Crippen LogP contribution in [0, 0.1) is 0 Å². The highest BCUT2D eigenvalue weighted by atomic mass is 16.2. The fourth-order valence-electron chi connectivity index (χ4n) is 1.13. The molecule has 0 saturated heterocycles. The van der Waals surface area contributed by atoms with Crippen LogP contribution < -0.4 is 10.9 Å². The summed E-state index contributed by atoms with van der Waals surface area (Å²) in [7, 11) is 0. The first-order valence-electron chi connectivity index (χ1n) is 5.05. The summed E-state index contributed by atoms with van der Waals surface area (Å²) in [6, 6.07) is 2.80. The summed E-state index contributed by atoms with van der Waals surface area (Å²) < 4.78 is 1.26. The molecule has 82 valence electrons. The van der Waals surface area contributed by atoms with Gasteiger partial charge in [-0.15, -0.1) is 0 Å². The first kappa shape index (κ1) is 11.4. The largest absolute Gasteiger partial charge is 0.351 e. The number of carbonyl (C=O) groups is 1. The lowest BCUT2D eigenvalue weighted by Gasteiger charge is -2.04. The van der Waals surface area contributed by atoms with Crippen molar-refractivity contribution in [1.82, 2.24) is 15.1 Å².